The number of hydrogen-bond donors (Lipinski definition) is 2. The van der Waals surface area contributed by atoms with Crippen molar-refractivity contribution < 1.29 is 4.79 Å². The second kappa shape index (κ2) is 5.17. The average molecular weight is 265 g/mol. The van der Waals surface area contributed by atoms with Gasteiger partial charge in [0.05, 0.1) is 11.7 Å². The number of benzene rings is 1. The average Bonchev–Trinajstić information content (AvgIpc) is 2.92. The maximum absolute atomic E-state index is 12.2. The van der Waals surface area contributed by atoms with Crippen molar-refractivity contribution in [2.24, 2.45) is 0 Å². The number of nitrogens with one attached hydrogen (secondary N) is 2. The molecule has 2 N–H and O–H groups in total. The molecule has 0 unspecified atom stereocenters. The molecule has 0 saturated heterocycles. The fraction of sp³-hybridized carbons (Fsp3) is 0.125. The molecule has 0 fully saturated rings. The molecule has 3 aromatic rings. The third-order valence-corrected chi connectivity index (χ3v) is 3.25. The SMILES string of the molecule is C[C@H](NC(=O)c1cc2ccccc2[nH]1)c1ccccn1. The van der Waals surface area contributed by atoms with Gasteiger partial charge in [0.1, 0.15) is 5.69 Å². The van der Waals surface area contributed by atoms with Crippen LogP contribution in [0.5, 0.6) is 0 Å². The summed E-state index contributed by atoms with van der Waals surface area (Å²) in [6, 6.07) is 15.2. The molecule has 0 aliphatic heterocycles. The van der Waals surface area contributed by atoms with Crippen molar-refractivity contribution >= 4 is 16.8 Å². The maximum Gasteiger partial charge on any atom is 0.268 e. The number of aromatic nitrogens is 2. The Hall–Kier alpha value is -2.62. The third-order valence-electron chi connectivity index (χ3n) is 3.25. The second-order valence-electron chi connectivity index (χ2n) is 4.72. The predicted octanol–water partition coefficient (Wildman–Crippen LogP) is 3.05. The van der Waals surface area contributed by atoms with Crippen LogP contribution in [0.1, 0.15) is 29.1 Å². The second-order valence-corrected chi connectivity index (χ2v) is 4.72. The lowest BCUT2D eigenvalue weighted by atomic mass is 10.2. The van der Waals surface area contributed by atoms with Crippen LogP contribution in [0, 0.1) is 0 Å². The van der Waals surface area contributed by atoms with Crippen LogP contribution in [-0.2, 0) is 0 Å². The molecule has 1 aromatic carbocycles. The lowest BCUT2D eigenvalue weighted by Crippen LogP contribution is -2.27. The minimum absolute atomic E-state index is 0.126. The van der Waals surface area contributed by atoms with E-state index in [1.54, 1.807) is 6.20 Å². The predicted molar refractivity (Wildman–Crippen MR) is 78.4 cm³/mol. The van der Waals surface area contributed by atoms with Gasteiger partial charge in [0.25, 0.3) is 5.91 Å². The molecule has 0 bridgehead atoms. The van der Waals surface area contributed by atoms with Crippen molar-refractivity contribution in [3.8, 4) is 0 Å². The highest BCUT2D eigenvalue weighted by atomic mass is 16.1. The molecule has 1 atom stereocenters. The molecule has 2 heterocycles. The normalized spacial score (nSPS) is 12.2. The number of hydrogen-bond acceptors (Lipinski definition) is 2. The van der Waals surface area contributed by atoms with Gasteiger partial charge in [0.15, 0.2) is 0 Å². The zero-order valence-electron chi connectivity index (χ0n) is 11.1. The van der Waals surface area contributed by atoms with Gasteiger partial charge in [-0.25, -0.2) is 0 Å². The number of pyridine rings is 1. The summed E-state index contributed by atoms with van der Waals surface area (Å²) in [5, 5.41) is 3.97. The van der Waals surface area contributed by atoms with Crippen molar-refractivity contribution in [2.75, 3.05) is 0 Å². The Balaban J connectivity index is 1.79. The summed E-state index contributed by atoms with van der Waals surface area (Å²) in [5.74, 6) is -0.126. The molecule has 20 heavy (non-hydrogen) atoms. The Morgan fingerprint density at radius 2 is 2.00 bits per heavy atom. The highest BCUT2D eigenvalue weighted by Gasteiger charge is 2.13. The van der Waals surface area contributed by atoms with Crippen LogP contribution in [0.2, 0.25) is 0 Å². The highest BCUT2D eigenvalue weighted by Crippen LogP contribution is 2.15. The molecule has 2 aromatic heterocycles. The van der Waals surface area contributed by atoms with Gasteiger partial charge in [-0.2, -0.15) is 0 Å². The van der Waals surface area contributed by atoms with Gasteiger partial charge in [-0.05, 0) is 31.2 Å². The maximum atomic E-state index is 12.2. The topological polar surface area (TPSA) is 57.8 Å². The van der Waals surface area contributed by atoms with Crippen LogP contribution >= 0.6 is 0 Å². The monoisotopic (exact) mass is 265 g/mol. The number of para-hydroxylation sites is 1. The first-order valence-electron chi connectivity index (χ1n) is 6.53. The first-order chi connectivity index (χ1) is 9.74. The molecule has 0 saturated carbocycles. The van der Waals surface area contributed by atoms with Crippen molar-refractivity contribution in [3.05, 3.63) is 66.1 Å². The number of H-pyrrole nitrogens is 1. The van der Waals surface area contributed by atoms with E-state index in [-0.39, 0.29) is 11.9 Å². The summed E-state index contributed by atoms with van der Waals surface area (Å²) >= 11 is 0. The Morgan fingerprint density at radius 1 is 1.20 bits per heavy atom. The van der Waals surface area contributed by atoms with Crippen LogP contribution < -0.4 is 5.32 Å². The highest BCUT2D eigenvalue weighted by molar-refractivity contribution is 5.98. The largest absolute Gasteiger partial charge is 0.351 e. The third kappa shape index (κ3) is 2.40. The fourth-order valence-corrected chi connectivity index (χ4v) is 2.18. The number of carbonyl (C=O) groups is 1. The molecule has 0 spiro atoms. The Bertz CT molecular complexity index is 701. The van der Waals surface area contributed by atoms with E-state index < -0.39 is 0 Å². The Morgan fingerprint density at radius 3 is 2.75 bits per heavy atom. The van der Waals surface area contributed by atoms with E-state index in [9.17, 15) is 4.79 Å². The molecule has 0 aliphatic rings. The van der Waals surface area contributed by atoms with Gasteiger partial charge < -0.3 is 10.3 Å². The van der Waals surface area contributed by atoms with E-state index in [0.29, 0.717) is 5.69 Å². The molecule has 0 radical (unpaired) electrons. The lowest BCUT2D eigenvalue weighted by molar-refractivity contribution is 0.0935. The van der Waals surface area contributed by atoms with Crippen LogP contribution in [0.3, 0.4) is 0 Å². The van der Waals surface area contributed by atoms with Gasteiger partial charge >= 0.3 is 0 Å². The quantitative estimate of drug-likeness (QED) is 0.764. The molecule has 1 amide bonds. The van der Waals surface area contributed by atoms with Gasteiger partial charge in [-0.15, -0.1) is 0 Å². The number of carbonyl (C=O) groups excluding carboxylic acids is 1. The summed E-state index contributed by atoms with van der Waals surface area (Å²) in [6.45, 7) is 1.92. The molecule has 0 aliphatic carbocycles. The van der Waals surface area contributed by atoms with E-state index in [1.807, 2.05) is 55.5 Å². The van der Waals surface area contributed by atoms with Gasteiger partial charge in [-0.1, -0.05) is 24.3 Å². The van der Waals surface area contributed by atoms with Gasteiger partial charge in [0.2, 0.25) is 0 Å². The summed E-state index contributed by atoms with van der Waals surface area (Å²) in [4.78, 5) is 19.6. The molecular weight excluding hydrogens is 250 g/mol. The van der Waals surface area contributed by atoms with Crippen LogP contribution in [0.4, 0.5) is 0 Å². The number of amides is 1. The molecule has 3 rings (SSSR count). The van der Waals surface area contributed by atoms with Crippen molar-refractivity contribution in [1.29, 1.82) is 0 Å². The van der Waals surface area contributed by atoms with Crippen molar-refractivity contribution in [2.45, 2.75) is 13.0 Å². The number of fused-ring (bicyclic) bond motifs is 1. The Kier molecular flexibility index (Phi) is 3.21. The molecular formula is C16H15N3O. The van der Waals surface area contributed by atoms with E-state index in [1.165, 1.54) is 0 Å². The van der Waals surface area contributed by atoms with Crippen molar-refractivity contribution in [3.63, 3.8) is 0 Å². The van der Waals surface area contributed by atoms with Gasteiger partial charge in [-0.3, -0.25) is 9.78 Å². The van der Waals surface area contributed by atoms with Crippen molar-refractivity contribution in [1.82, 2.24) is 15.3 Å². The van der Waals surface area contributed by atoms with Crippen LogP contribution in [-0.4, -0.2) is 15.9 Å². The summed E-state index contributed by atoms with van der Waals surface area (Å²) in [5.41, 5.74) is 2.37. The number of aromatic amines is 1. The van der Waals surface area contributed by atoms with Crippen LogP contribution in [0.15, 0.2) is 54.7 Å². The number of rotatable bonds is 3. The minimum Gasteiger partial charge on any atom is -0.351 e. The summed E-state index contributed by atoms with van der Waals surface area (Å²) in [7, 11) is 0. The first-order valence-corrected chi connectivity index (χ1v) is 6.53. The van der Waals surface area contributed by atoms with Gasteiger partial charge in [0, 0.05) is 17.1 Å². The van der Waals surface area contributed by atoms with E-state index in [0.717, 1.165) is 16.6 Å². The van der Waals surface area contributed by atoms with Crippen LogP contribution in [0.25, 0.3) is 10.9 Å². The minimum atomic E-state index is -0.130. The standard InChI is InChI=1S/C16H15N3O/c1-11(13-7-4-5-9-17-13)18-16(20)15-10-12-6-2-3-8-14(12)19-15/h2-11,19H,1H3,(H,18,20)/t11-/m0/s1. The Labute approximate surface area is 116 Å². The van der Waals surface area contributed by atoms with E-state index in [2.05, 4.69) is 15.3 Å². The lowest BCUT2D eigenvalue weighted by Gasteiger charge is -2.12. The van der Waals surface area contributed by atoms with E-state index in [4.69, 9.17) is 0 Å². The fourth-order valence-electron chi connectivity index (χ4n) is 2.18. The molecule has 100 valence electrons. The first kappa shape index (κ1) is 12.4. The molecule has 4 nitrogen and oxygen atoms in total. The smallest absolute Gasteiger partial charge is 0.268 e. The summed E-state index contributed by atoms with van der Waals surface area (Å²) in [6.07, 6.45) is 1.72. The molecule has 4 heteroatoms. The number of nitrogens with zero attached hydrogens (tertiary/aromatic N) is 1. The van der Waals surface area contributed by atoms with E-state index >= 15 is 0 Å². The zero-order valence-corrected chi connectivity index (χ0v) is 11.1. The zero-order chi connectivity index (χ0) is 13.9. The summed E-state index contributed by atoms with van der Waals surface area (Å²) < 4.78 is 0.